The summed E-state index contributed by atoms with van der Waals surface area (Å²) in [7, 11) is 0. The molecule has 0 aliphatic carbocycles. The van der Waals surface area contributed by atoms with Gasteiger partial charge in [-0.05, 0) is 24.1 Å². The highest BCUT2D eigenvalue weighted by molar-refractivity contribution is 6.06. The predicted molar refractivity (Wildman–Crippen MR) is 92.3 cm³/mol. The zero-order chi connectivity index (χ0) is 18.3. The number of rotatable bonds is 3. The lowest BCUT2D eigenvalue weighted by Crippen LogP contribution is -2.37. The van der Waals surface area contributed by atoms with Crippen molar-refractivity contribution in [3.63, 3.8) is 0 Å². The number of imide groups is 1. The van der Waals surface area contributed by atoms with Gasteiger partial charge in [0.15, 0.2) is 0 Å². The molecule has 26 heavy (non-hydrogen) atoms. The molecule has 3 heterocycles. The molecule has 3 aliphatic rings. The molecule has 3 saturated heterocycles. The number of nitrogens with one attached hydrogen (secondary N) is 2. The first-order valence-corrected chi connectivity index (χ1v) is 8.73. The lowest BCUT2D eigenvalue weighted by molar-refractivity contribution is -0.131. The van der Waals surface area contributed by atoms with E-state index in [1.54, 1.807) is 9.80 Å². The standard InChI is InChI=1S/C18H20N4O4/c23-14-10-18(16(25)20-14)5-7-21(11-18)15(24)9-12-1-3-13(4-2-12)22-8-6-19-17(22)26/h1-4H,5-11H2,(H,19,26)(H,20,23,25)/t18-/m1/s1. The third kappa shape index (κ3) is 2.81. The van der Waals surface area contributed by atoms with Crippen molar-refractivity contribution < 1.29 is 19.2 Å². The minimum absolute atomic E-state index is 0.0549. The van der Waals surface area contributed by atoms with E-state index in [0.717, 1.165) is 11.3 Å². The molecule has 3 aliphatic heterocycles. The van der Waals surface area contributed by atoms with Gasteiger partial charge in [0.05, 0.1) is 11.8 Å². The number of amides is 5. The highest BCUT2D eigenvalue weighted by Crippen LogP contribution is 2.37. The Balaban J connectivity index is 1.39. The van der Waals surface area contributed by atoms with Gasteiger partial charge in [-0.1, -0.05) is 12.1 Å². The quantitative estimate of drug-likeness (QED) is 0.746. The maximum Gasteiger partial charge on any atom is 0.321 e. The highest BCUT2D eigenvalue weighted by atomic mass is 16.2. The summed E-state index contributed by atoms with van der Waals surface area (Å²) >= 11 is 0. The van der Waals surface area contributed by atoms with Crippen LogP contribution in [0.15, 0.2) is 24.3 Å². The molecule has 3 fully saturated rings. The predicted octanol–water partition coefficient (Wildman–Crippen LogP) is 0.0239. The van der Waals surface area contributed by atoms with Crippen molar-refractivity contribution in [2.45, 2.75) is 19.3 Å². The van der Waals surface area contributed by atoms with Crippen molar-refractivity contribution >= 4 is 29.4 Å². The highest BCUT2D eigenvalue weighted by Gasteiger charge is 2.51. The molecular formula is C18H20N4O4. The van der Waals surface area contributed by atoms with Crippen LogP contribution < -0.4 is 15.5 Å². The van der Waals surface area contributed by atoms with Crippen LogP contribution in [0.1, 0.15) is 18.4 Å². The van der Waals surface area contributed by atoms with E-state index in [2.05, 4.69) is 10.6 Å². The minimum Gasteiger partial charge on any atom is -0.341 e. The van der Waals surface area contributed by atoms with Gasteiger partial charge in [-0.15, -0.1) is 0 Å². The number of benzene rings is 1. The normalized spacial score (nSPS) is 25.2. The summed E-state index contributed by atoms with van der Waals surface area (Å²) in [5.74, 6) is -0.572. The molecule has 136 valence electrons. The minimum atomic E-state index is -0.736. The largest absolute Gasteiger partial charge is 0.341 e. The maximum atomic E-state index is 12.6. The van der Waals surface area contributed by atoms with Crippen LogP contribution in [-0.4, -0.2) is 54.8 Å². The van der Waals surface area contributed by atoms with Crippen LogP contribution in [0, 0.1) is 5.41 Å². The number of nitrogens with zero attached hydrogens (tertiary/aromatic N) is 2. The molecule has 8 heteroatoms. The summed E-state index contributed by atoms with van der Waals surface area (Å²) in [6.45, 7) is 2.06. The zero-order valence-corrected chi connectivity index (χ0v) is 14.3. The molecule has 0 unspecified atom stereocenters. The Bertz CT molecular complexity index is 791. The summed E-state index contributed by atoms with van der Waals surface area (Å²) in [5, 5.41) is 5.09. The number of carbonyl (C=O) groups is 4. The number of carbonyl (C=O) groups excluding carboxylic acids is 4. The average Bonchev–Trinajstić information content (AvgIpc) is 3.29. The summed E-state index contributed by atoms with van der Waals surface area (Å²) in [6.07, 6.45) is 0.930. The van der Waals surface area contributed by atoms with Crippen LogP contribution in [0.2, 0.25) is 0 Å². The molecule has 0 saturated carbocycles. The summed E-state index contributed by atoms with van der Waals surface area (Å²) in [6, 6.07) is 7.25. The van der Waals surface area contributed by atoms with Crippen molar-refractivity contribution in [3.8, 4) is 0 Å². The Hall–Kier alpha value is -2.90. The topological polar surface area (TPSA) is 98.8 Å². The Labute approximate surface area is 150 Å². The van der Waals surface area contributed by atoms with Gasteiger partial charge in [0.1, 0.15) is 0 Å². The van der Waals surface area contributed by atoms with Crippen LogP contribution in [0.4, 0.5) is 10.5 Å². The number of anilines is 1. The first-order valence-electron chi connectivity index (χ1n) is 8.73. The average molecular weight is 356 g/mol. The number of urea groups is 1. The van der Waals surface area contributed by atoms with Gasteiger partial charge < -0.3 is 10.2 Å². The summed E-state index contributed by atoms with van der Waals surface area (Å²) < 4.78 is 0. The molecule has 0 aromatic heterocycles. The van der Waals surface area contributed by atoms with E-state index in [-0.39, 0.29) is 36.6 Å². The van der Waals surface area contributed by atoms with Crippen molar-refractivity contribution in [2.24, 2.45) is 5.41 Å². The van der Waals surface area contributed by atoms with Crippen LogP contribution >= 0.6 is 0 Å². The van der Waals surface area contributed by atoms with Gasteiger partial charge in [0.2, 0.25) is 17.7 Å². The molecular weight excluding hydrogens is 336 g/mol. The second-order valence-corrected chi connectivity index (χ2v) is 7.13. The third-order valence-corrected chi connectivity index (χ3v) is 5.40. The molecule has 1 aromatic rings. The summed E-state index contributed by atoms with van der Waals surface area (Å²) in [4.78, 5) is 51.1. The van der Waals surface area contributed by atoms with Crippen molar-refractivity contribution in [3.05, 3.63) is 29.8 Å². The second-order valence-electron chi connectivity index (χ2n) is 7.13. The van der Waals surface area contributed by atoms with Crippen LogP contribution in [0.3, 0.4) is 0 Å². The van der Waals surface area contributed by atoms with E-state index in [4.69, 9.17) is 0 Å². The molecule has 0 bridgehead atoms. The van der Waals surface area contributed by atoms with Crippen LogP contribution in [0.25, 0.3) is 0 Å². The maximum absolute atomic E-state index is 12.6. The lowest BCUT2D eigenvalue weighted by Gasteiger charge is -2.20. The van der Waals surface area contributed by atoms with Gasteiger partial charge in [0.25, 0.3) is 0 Å². The van der Waals surface area contributed by atoms with Gasteiger partial charge in [-0.2, -0.15) is 0 Å². The van der Waals surface area contributed by atoms with E-state index in [9.17, 15) is 19.2 Å². The molecule has 8 nitrogen and oxygen atoms in total. The first kappa shape index (κ1) is 16.6. The van der Waals surface area contributed by atoms with Crippen molar-refractivity contribution in [1.82, 2.24) is 15.5 Å². The smallest absolute Gasteiger partial charge is 0.321 e. The number of hydrogen-bond donors (Lipinski definition) is 2. The van der Waals surface area contributed by atoms with Crippen LogP contribution in [-0.2, 0) is 20.8 Å². The number of likely N-dealkylation sites (tertiary alicyclic amines) is 1. The number of hydrogen-bond acceptors (Lipinski definition) is 4. The molecule has 0 radical (unpaired) electrons. The second kappa shape index (κ2) is 6.12. The van der Waals surface area contributed by atoms with E-state index < -0.39 is 5.41 Å². The molecule has 5 amide bonds. The monoisotopic (exact) mass is 356 g/mol. The van der Waals surface area contributed by atoms with Crippen LogP contribution in [0.5, 0.6) is 0 Å². The molecule has 1 atom stereocenters. The van der Waals surface area contributed by atoms with E-state index >= 15 is 0 Å². The van der Waals surface area contributed by atoms with E-state index in [0.29, 0.717) is 32.6 Å². The van der Waals surface area contributed by atoms with Gasteiger partial charge >= 0.3 is 6.03 Å². The SMILES string of the molecule is O=C1C[C@@]2(CCN(C(=O)Cc3ccc(N4CCNC4=O)cc3)C2)C(=O)N1. The fraction of sp³-hybridized carbons (Fsp3) is 0.444. The Kier molecular flexibility index (Phi) is 3.90. The zero-order valence-electron chi connectivity index (χ0n) is 14.3. The van der Waals surface area contributed by atoms with Gasteiger partial charge in [-0.3, -0.25) is 24.6 Å². The fourth-order valence-corrected chi connectivity index (χ4v) is 3.90. The Morgan fingerprint density at radius 3 is 2.50 bits per heavy atom. The lowest BCUT2D eigenvalue weighted by atomic mass is 9.85. The Morgan fingerprint density at radius 2 is 1.88 bits per heavy atom. The fourth-order valence-electron chi connectivity index (χ4n) is 3.90. The summed E-state index contributed by atoms with van der Waals surface area (Å²) in [5.41, 5.74) is 0.920. The van der Waals surface area contributed by atoms with E-state index in [1.807, 2.05) is 24.3 Å². The van der Waals surface area contributed by atoms with Crippen molar-refractivity contribution in [1.29, 1.82) is 0 Å². The van der Waals surface area contributed by atoms with Gasteiger partial charge in [0, 0.05) is 38.3 Å². The molecule has 1 spiro atoms. The van der Waals surface area contributed by atoms with E-state index in [1.165, 1.54) is 0 Å². The molecule has 4 rings (SSSR count). The van der Waals surface area contributed by atoms with Crippen molar-refractivity contribution in [2.75, 3.05) is 31.1 Å². The van der Waals surface area contributed by atoms with Gasteiger partial charge in [-0.25, -0.2) is 4.79 Å². The Morgan fingerprint density at radius 1 is 1.12 bits per heavy atom. The molecule has 2 N–H and O–H groups in total. The molecule has 1 aromatic carbocycles. The first-order chi connectivity index (χ1) is 12.5. The third-order valence-electron chi connectivity index (χ3n) is 5.40.